The zero-order chi connectivity index (χ0) is 32.3. The molecule has 0 heterocycles. The number of aryl methyl sites for hydroxylation is 3. The number of rotatable bonds is 11. The zero-order valence-electron chi connectivity index (χ0n) is 27.5. The first-order valence-electron chi connectivity index (χ1n) is 15.4. The molecule has 6 heteroatoms. The summed E-state index contributed by atoms with van der Waals surface area (Å²) in [5.74, 6) is 0.909. The second-order valence-corrected chi connectivity index (χ2v) is 11.9. The lowest BCUT2D eigenvalue weighted by molar-refractivity contribution is -0.123. The summed E-state index contributed by atoms with van der Waals surface area (Å²) in [6.45, 7) is 16.1. The highest BCUT2D eigenvalue weighted by Gasteiger charge is 2.16. The largest absolute Gasteiger partial charge is 0.482 e. The third-order valence-electron chi connectivity index (χ3n) is 6.33. The minimum atomic E-state index is -0.439. The second-order valence-electron chi connectivity index (χ2n) is 11.5. The quantitative estimate of drug-likeness (QED) is 0.235. The van der Waals surface area contributed by atoms with Crippen molar-refractivity contribution in [2.45, 2.75) is 106 Å². The van der Waals surface area contributed by atoms with Crippen LogP contribution in [0.5, 0.6) is 5.75 Å². The van der Waals surface area contributed by atoms with Gasteiger partial charge in [-0.2, -0.15) is 0 Å². The number of nitrogens with one attached hydrogen (secondary N) is 1. The van der Waals surface area contributed by atoms with Gasteiger partial charge in [-0.25, -0.2) is 4.79 Å². The van der Waals surface area contributed by atoms with Gasteiger partial charge in [-0.15, -0.1) is 0 Å². The van der Waals surface area contributed by atoms with E-state index in [-0.39, 0.29) is 18.0 Å². The molecule has 0 spiro atoms. The summed E-state index contributed by atoms with van der Waals surface area (Å²) >= 11 is 5.67. The summed E-state index contributed by atoms with van der Waals surface area (Å²) in [6.07, 6.45) is 5.28. The molecular weight excluding hydrogens is 558 g/mol. The van der Waals surface area contributed by atoms with Crippen molar-refractivity contribution >= 4 is 23.5 Å². The molecule has 1 atom stereocenters. The van der Waals surface area contributed by atoms with Crippen LogP contribution in [-0.4, -0.2) is 30.1 Å². The van der Waals surface area contributed by atoms with Gasteiger partial charge >= 0.3 is 6.09 Å². The molecule has 3 rings (SSSR count). The number of carbonyl (C=O) groups is 2. The maximum atomic E-state index is 11.5. The van der Waals surface area contributed by atoms with E-state index in [0.29, 0.717) is 6.54 Å². The van der Waals surface area contributed by atoms with Gasteiger partial charge in [0, 0.05) is 11.6 Å². The Kier molecular flexibility index (Phi) is 18.0. The van der Waals surface area contributed by atoms with Crippen LogP contribution in [0, 0.1) is 6.92 Å². The molecule has 1 N–H and O–H groups in total. The molecule has 0 aromatic heterocycles. The summed E-state index contributed by atoms with van der Waals surface area (Å²) < 4.78 is 10.9. The van der Waals surface area contributed by atoms with Crippen LogP contribution in [0.25, 0.3) is 0 Å². The monoisotopic (exact) mass is 609 g/mol. The molecule has 0 aliphatic carbocycles. The maximum absolute atomic E-state index is 11.5. The fourth-order valence-corrected chi connectivity index (χ4v) is 4.08. The molecule has 0 saturated heterocycles. The number of ether oxygens (including phenoxy) is 2. The first kappa shape index (κ1) is 37.7. The van der Waals surface area contributed by atoms with Gasteiger partial charge in [-0.1, -0.05) is 99.8 Å². The van der Waals surface area contributed by atoms with Gasteiger partial charge in [-0.05, 0) is 101 Å². The first-order chi connectivity index (χ1) is 20.4. The Morgan fingerprint density at radius 1 is 0.814 bits per heavy atom. The lowest BCUT2D eigenvalue weighted by atomic mass is 10.1. The fourth-order valence-electron chi connectivity index (χ4n) is 3.95. The van der Waals surface area contributed by atoms with Crippen molar-refractivity contribution in [3.63, 3.8) is 0 Å². The molecule has 0 fully saturated rings. The summed E-state index contributed by atoms with van der Waals surface area (Å²) in [5, 5.41) is 3.58. The second kappa shape index (κ2) is 20.6. The molecule has 0 saturated carbocycles. The number of ketones is 1. The van der Waals surface area contributed by atoms with Crippen molar-refractivity contribution in [2.24, 2.45) is 0 Å². The van der Waals surface area contributed by atoms with Crippen molar-refractivity contribution < 1.29 is 19.1 Å². The van der Waals surface area contributed by atoms with Gasteiger partial charge in [-0.3, -0.25) is 4.79 Å². The van der Waals surface area contributed by atoms with E-state index in [1.165, 1.54) is 23.1 Å². The lowest BCUT2D eigenvalue weighted by Crippen LogP contribution is -2.33. The van der Waals surface area contributed by atoms with Gasteiger partial charge in [0.05, 0.1) is 0 Å². The van der Waals surface area contributed by atoms with Gasteiger partial charge in [0.1, 0.15) is 11.4 Å². The predicted octanol–water partition coefficient (Wildman–Crippen LogP) is 9.74. The Bertz CT molecular complexity index is 1200. The van der Waals surface area contributed by atoms with Crippen molar-refractivity contribution in [3.05, 3.63) is 100 Å². The Hall–Kier alpha value is -3.31. The van der Waals surface area contributed by atoms with Gasteiger partial charge in [0.2, 0.25) is 0 Å². The van der Waals surface area contributed by atoms with Crippen LogP contribution in [0.2, 0.25) is 5.02 Å². The maximum Gasteiger partial charge on any atom is 0.407 e. The van der Waals surface area contributed by atoms with Gasteiger partial charge < -0.3 is 14.8 Å². The highest BCUT2D eigenvalue weighted by Crippen LogP contribution is 2.19. The molecular formula is C37H52ClNO4. The summed E-state index contributed by atoms with van der Waals surface area (Å²) in [7, 11) is 0. The molecule has 5 nitrogen and oxygen atoms in total. The highest BCUT2D eigenvalue weighted by molar-refractivity contribution is 6.30. The molecule has 236 valence electrons. The molecule has 0 radical (unpaired) electrons. The van der Waals surface area contributed by atoms with E-state index < -0.39 is 5.60 Å². The highest BCUT2D eigenvalue weighted by atomic mass is 35.5. The fraction of sp³-hybridized carbons (Fsp3) is 0.459. The van der Waals surface area contributed by atoms with Crippen molar-refractivity contribution in [2.75, 3.05) is 6.54 Å². The molecule has 0 aliphatic heterocycles. The van der Waals surface area contributed by atoms with Crippen LogP contribution in [-0.2, 0) is 28.8 Å². The van der Waals surface area contributed by atoms with Crippen LogP contribution in [0.4, 0.5) is 4.79 Å². The third kappa shape index (κ3) is 17.4. The van der Waals surface area contributed by atoms with Crippen LogP contribution in [0.1, 0.15) is 90.0 Å². The Morgan fingerprint density at radius 3 is 1.86 bits per heavy atom. The Labute approximate surface area is 265 Å². The molecule has 1 unspecified atom stereocenters. The lowest BCUT2D eigenvalue weighted by Gasteiger charge is -2.19. The number of para-hydroxylation sites is 1. The first-order valence-corrected chi connectivity index (χ1v) is 15.8. The molecule has 0 bridgehead atoms. The van der Waals surface area contributed by atoms with Crippen LogP contribution >= 0.6 is 11.6 Å². The normalized spacial score (nSPS) is 11.2. The average Bonchev–Trinajstić information content (AvgIpc) is 2.95. The van der Waals surface area contributed by atoms with Crippen LogP contribution in [0.15, 0.2) is 72.8 Å². The van der Waals surface area contributed by atoms with E-state index >= 15 is 0 Å². The Balaban J connectivity index is 0.000000342. The van der Waals surface area contributed by atoms with E-state index in [1.807, 2.05) is 76.2 Å². The van der Waals surface area contributed by atoms with Crippen LogP contribution < -0.4 is 10.1 Å². The van der Waals surface area contributed by atoms with Gasteiger partial charge in [0.15, 0.2) is 11.9 Å². The molecule has 3 aromatic rings. The van der Waals surface area contributed by atoms with E-state index in [1.54, 1.807) is 6.92 Å². The SMILES string of the molecule is CCCC(Oc1ccccc1C)C(C)=O.CCCc1ccc(CCNC(=O)OC(C)(C)C)cc1.CCc1ccc(Cl)cc1. The number of alkyl carbamates (subject to hydrolysis) is 1. The third-order valence-corrected chi connectivity index (χ3v) is 6.58. The van der Waals surface area contributed by atoms with E-state index in [4.69, 9.17) is 21.1 Å². The minimum absolute atomic E-state index is 0.0973. The molecule has 3 aromatic carbocycles. The topological polar surface area (TPSA) is 64.6 Å². The van der Waals surface area contributed by atoms with Gasteiger partial charge in [0.25, 0.3) is 0 Å². The van der Waals surface area contributed by atoms with E-state index in [9.17, 15) is 9.59 Å². The Morgan fingerprint density at radius 2 is 1.37 bits per heavy atom. The minimum Gasteiger partial charge on any atom is -0.482 e. The number of hydrogen-bond acceptors (Lipinski definition) is 4. The van der Waals surface area contributed by atoms with E-state index in [2.05, 4.69) is 50.4 Å². The number of amides is 1. The summed E-state index contributed by atoms with van der Waals surface area (Å²) in [5.41, 5.74) is 4.56. The smallest absolute Gasteiger partial charge is 0.407 e. The standard InChI is InChI=1S/C16H25NO2.C13H18O2.C8H9Cl/c1-5-6-13-7-9-14(10-8-13)11-12-17-15(18)19-16(2,3)4;1-4-7-13(11(3)14)15-12-9-6-5-8-10(12)2;1-2-7-3-5-8(9)6-4-7/h7-10H,5-6,11-12H2,1-4H3,(H,17,18);5-6,8-9,13H,4,7H2,1-3H3;3-6H,2H2,1H3. The predicted molar refractivity (Wildman–Crippen MR) is 180 cm³/mol. The number of Topliss-reactive ketones (excluding diaryl/α,β-unsaturated/α-hetero) is 1. The molecule has 1 amide bonds. The van der Waals surface area contributed by atoms with Crippen molar-refractivity contribution in [3.8, 4) is 5.75 Å². The average molecular weight is 610 g/mol. The number of benzene rings is 3. The molecule has 43 heavy (non-hydrogen) atoms. The van der Waals surface area contributed by atoms with Crippen molar-refractivity contribution in [1.29, 1.82) is 0 Å². The summed E-state index contributed by atoms with van der Waals surface area (Å²) in [6, 6.07) is 24.3. The zero-order valence-corrected chi connectivity index (χ0v) is 28.2. The van der Waals surface area contributed by atoms with Crippen molar-refractivity contribution in [1.82, 2.24) is 5.32 Å². The van der Waals surface area contributed by atoms with E-state index in [0.717, 1.165) is 48.4 Å². The number of carbonyl (C=O) groups excluding carboxylic acids is 2. The summed E-state index contributed by atoms with van der Waals surface area (Å²) in [4.78, 5) is 22.8. The van der Waals surface area contributed by atoms with Crippen LogP contribution in [0.3, 0.4) is 0 Å². The number of halogens is 1. The number of hydrogen-bond donors (Lipinski definition) is 1. The molecule has 0 aliphatic rings.